The lowest BCUT2D eigenvalue weighted by atomic mass is 10.1. The van der Waals surface area contributed by atoms with Crippen molar-refractivity contribution in [3.63, 3.8) is 0 Å². The first-order valence-corrected chi connectivity index (χ1v) is 6.73. The summed E-state index contributed by atoms with van der Waals surface area (Å²) >= 11 is 0. The maximum absolute atomic E-state index is 5.52. The Bertz CT molecular complexity index is 562. The van der Waals surface area contributed by atoms with E-state index < -0.39 is 0 Å². The Morgan fingerprint density at radius 2 is 2.37 bits per heavy atom. The molecule has 1 aliphatic heterocycles. The molecule has 1 N–H and O–H groups in total. The second-order valence-electron chi connectivity index (χ2n) is 4.96. The minimum Gasteiger partial charge on any atom is -0.493 e. The number of hydrogen-bond acceptors (Lipinski definition) is 3. The number of nitrogens with one attached hydrogen (secondary N) is 1. The zero-order valence-electron chi connectivity index (χ0n) is 11.2. The summed E-state index contributed by atoms with van der Waals surface area (Å²) in [5.74, 6) is 1.06. The van der Waals surface area contributed by atoms with Crippen molar-refractivity contribution in [2.24, 2.45) is 7.05 Å². The lowest BCUT2D eigenvalue weighted by Gasteiger charge is -2.07. The fraction of sp³-hybridized carbons (Fsp3) is 0.400. The molecule has 4 nitrogen and oxygen atoms in total. The monoisotopic (exact) mass is 257 g/mol. The number of ether oxygens (including phenoxy) is 1. The number of aromatic nitrogens is 2. The summed E-state index contributed by atoms with van der Waals surface area (Å²) in [6, 6.07) is 6.53. The van der Waals surface area contributed by atoms with Gasteiger partial charge in [0.2, 0.25) is 0 Å². The predicted octanol–water partition coefficient (Wildman–Crippen LogP) is 1.69. The molecule has 1 aromatic carbocycles. The highest BCUT2D eigenvalue weighted by Crippen LogP contribution is 2.25. The van der Waals surface area contributed by atoms with E-state index in [1.54, 1.807) is 0 Å². The second kappa shape index (κ2) is 5.45. The van der Waals surface area contributed by atoms with Crippen LogP contribution in [0.4, 0.5) is 0 Å². The van der Waals surface area contributed by atoms with Crippen LogP contribution in [0.25, 0.3) is 0 Å². The molecule has 0 atom stereocenters. The summed E-state index contributed by atoms with van der Waals surface area (Å²) in [4.78, 5) is 4.11. The number of fused-ring (bicyclic) bond motifs is 1. The molecule has 2 heterocycles. The zero-order valence-corrected chi connectivity index (χ0v) is 11.2. The van der Waals surface area contributed by atoms with Gasteiger partial charge in [0.05, 0.1) is 18.6 Å². The van der Waals surface area contributed by atoms with E-state index >= 15 is 0 Å². The van der Waals surface area contributed by atoms with E-state index in [1.807, 2.05) is 24.1 Å². The molecule has 100 valence electrons. The Kier molecular flexibility index (Phi) is 3.51. The molecule has 0 saturated heterocycles. The van der Waals surface area contributed by atoms with E-state index in [9.17, 15) is 0 Å². The van der Waals surface area contributed by atoms with Gasteiger partial charge in [0, 0.05) is 26.2 Å². The standard InChI is InChI=1S/C15H19N3O/c1-18-11-17-10-14(18)9-16-6-4-12-2-3-15-13(8-12)5-7-19-15/h2-3,8,10-11,16H,4-7,9H2,1H3. The number of benzene rings is 1. The lowest BCUT2D eigenvalue weighted by Crippen LogP contribution is -2.18. The summed E-state index contributed by atoms with van der Waals surface area (Å²) in [6.07, 6.45) is 5.83. The quantitative estimate of drug-likeness (QED) is 0.828. The number of rotatable bonds is 5. The van der Waals surface area contributed by atoms with Gasteiger partial charge in [0.1, 0.15) is 5.75 Å². The normalized spacial score (nSPS) is 13.3. The molecule has 1 aliphatic rings. The number of hydrogen-bond donors (Lipinski definition) is 1. The smallest absolute Gasteiger partial charge is 0.122 e. The van der Waals surface area contributed by atoms with Crippen LogP contribution in [-0.2, 0) is 26.4 Å². The number of imidazole rings is 1. The first-order valence-electron chi connectivity index (χ1n) is 6.73. The van der Waals surface area contributed by atoms with E-state index in [1.165, 1.54) is 16.8 Å². The first kappa shape index (κ1) is 12.2. The third-order valence-corrected chi connectivity index (χ3v) is 3.57. The number of aryl methyl sites for hydroxylation is 1. The average molecular weight is 257 g/mol. The van der Waals surface area contributed by atoms with Gasteiger partial charge in [0.25, 0.3) is 0 Å². The van der Waals surface area contributed by atoms with Gasteiger partial charge >= 0.3 is 0 Å². The summed E-state index contributed by atoms with van der Waals surface area (Å²) < 4.78 is 7.56. The summed E-state index contributed by atoms with van der Waals surface area (Å²) in [7, 11) is 2.02. The van der Waals surface area contributed by atoms with Crippen molar-refractivity contribution in [1.82, 2.24) is 14.9 Å². The van der Waals surface area contributed by atoms with Gasteiger partial charge in [-0.15, -0.1) is 0 Å². The molecule has 0 saturated carbocycles. The van der Waals surface area contributed by atoms with Gasteiger partial charge in [-0.1, -0.05) is 12.1 Å². The lowest BCUT2D eigenvalue weighted by molar-refractivity contribution is 0.357. The highest BCUT2D eigenvalue weighted by Gasteiger charge is 2.11. The largest absolute Gasteiger partial charge is 0.493 e. The fourth-order valence-electron chi connectivity index (χ4n) is 2.40. The SMILES string of the molecule is Cn1cncc1CNCCc1ccc2c(c1)CCO2. The maximum atomic E-state index is 5.52. The van der Waals surface area contributed by atoms with Gasteiger partial charge in [0.15, 0.2) is 0 Å². The first-order chi connectivity index (χ1) is 9.33. The van der Waals surface area contributed by atoms with Gasteiger partial charge < -0.3 is 14.6 Å². The van der Waals surface area contributed by atoms with Crippen LogP contribution < -0.4 is 10.1 Å². The van der Waals surface area contributed by atoms with Crippen molar-refractivity contribution >= 4 is 0 Å². The van der Waals surface area contributed by atoms with Crippen LogP contribution in [-0.4, -0.2) is 22.7 Å². The minimum absolute atomic E-state index is 0.831. The average Bonchev–Trinajstić information content (AvgIpc) is 3.03. The fourth-order valence-corrected chi connectivity index (χ4v) is 2.40. The molecule has 3 rings (SSSR count). The summed E-state index contributed by atoms with van der Waals surface area (Å²) in [5, 5.41) is 3.45. The number of nitrogens with zero attached hydrogens (tertiary/aromatic N) is 2. The predicted molar refractivity (Wildman–Crippen MR) is 74.3 cm³/mol. The molecule has 2 aromatic rings. The molecule has 0 aliphatic carbocycles. The third-order valence-electron chi connectivity index (χ3n) is 3.57. The molecule has 0 unspecified atom stereocenters. The molecule has 19 heavy (non-hydrogen) atoms. The maximum Gasteiger partial charge on any atom is 0.122 e. The van der Waals surface area contributed by atoms with Gasteiger partial charge in [-0.3, -0.25) is 0 Å². The van der Waals surface area contributed by atoms with Crippen LogP contribution in [0.15, 0.2) is 30.7 Å². The van der Waals surface area contributed by atoms with Crippen LogP contribution in [0, 0.1) is 0 Å². The highest BCUT2D eigenvalue weighted by atomic mass is 16.5. The molecule has 1 aromatic heterocycles. The van der Waals surface area contributed by atoms with Crippen molar-refractivity contribution < 1.29 is 4.74 Å². The van der Waals surface area contributed by atoms with E-state index in [0.29, 0.717) is 0 Å². The topological polar surface area (TPSA) is 39.1 Å². The van der Waals surface area contributed by atoms with E-state index in [2.05, 4.69) is 28.5 Å². The van der Waals surface area contributed by atoms with E-state index in [0.717, 1.165) is 38.3 Å². The summed E-state index contributed by atoms with van der Waals surface area (Å²) in [5.41, 5.74) is 3.94. The Morgan fingerprint density at radius 1 is 1.42 bits per heavy atom. The summed E-state index contributed by atoms with van der Waals surface area (Å²) in [6.45, 7) is 2.67. The van der Waals surface area contributed by atoms with E-state index in [4.69, 9.17) is 4.74 Å². The minimum atomic E-state index is 0.831. The second-order valence-corrected chi connectivity index (χ2v) is 4.96. The van der Waals surface area contributed by atoms with Crippen LogP contribution in [0.1, 0.15) is 16.8 Å². The Labute approximate surface area is 113 Å². The highest BCUT2D eigenvalue weighted by molar-refractivity contribution is 5.39. The molecule has 0 fully saturated rings. The molecular weight excluding hydrogens is 238 g/mol. The van der Waals surface area contributed by atoms with Crippen molar-refractivity contribution in [3.05, 3.63) is 47.5 Å². The van der Waals surface area contributed by atoms with Gasteiger partial charge in [-0.05, 0) is 30.2 Å². The van der Waals surface area contributed by atoms with Crippen molar-refractivity contribution in [1.29, 1.82) is 0 Å². The Morgan fingerprint density at radius 3 is 3.21 bits per heavy atom. The molecule has 0 spiro atoms. The van der Waals surface area contributed by atoms with Gasteiger partial charge in [-0.25, -0.2) is 4.98 Å². The van der Waals surface area contributed by atoms with Crippen LogP contribution in [0.3, 0.4) is 0 Å². The van der Waals surface area contributed by atoms with Crippen molar-refractivity contribution in [2.45, 2.75) is 19.4 Å². The van der Waals surface area contributed by atoms with E-state index in [-0.39, 0.29) is 0 Å². The van der Waals surface area contributed by atoms with Crippen molar-refractivity contribution in [2.75, 3.05) is 13.2 Å². The molecule has 0 radical (unpaired) electrons. The van der Waals surface area contributed by atoms with Crippen LogP contribution >= 0.6 is 0 Å². The Hall–Kier alpha value is -1.81. The Balaban J connectivity index is 1.49. The molecule has 4 heteroatoms. The van der Waals surface area contributed by atoms with Gasteiger partial charge in [-0.2, -0.15) is 0 Å². The molecular formula is C15H19N3O. The molecule has 0 bridgehead atoms. The van der Waals surface area contributed by atoms with Crippen molar-refractivity contribution in [3.8, 4) is 5.75 Å². The molecule has 0 amide bonds. The zero-order chi connectivity index (χ0) is 13.1. The third kappa shape index (κ3) is 2.79. The van der Waals surface area contributed by atoms with Crippen LogP contribution in [0.2, 0.25) is 0 Å². The van der Waals surface area contributed by atoms with Crippen LogP contribution in [0.5, 0.6) is 5.75 Å².